The first-order chi connectivity index (χ1) is 7.89. The Morgan fingerprint density at radius 1 is 1.18 bits per heavy atom. The molecular weight excluding hydrogens is 236 g/mol. The minimum absolute atomic E-state index is 0.152. The van der Waals surface area contributed by atoms with Crippen LogP contribution in [0.15, 0.2) is 24.3 Å². The predicted octanol–water partition coefficient (Wildman–Crippen LogP) is 1.69. The lowest BCUT2D eigenvalue weighted by atomic mass is 10.2. The van der Waals surface area contributed by atoms with Gasteiger partial charge in [0.25, 0.3) is 0 Å². The molecule has 0 aliphatic heterocycles. The first kappa shape index (κ1) is 14.0. The summed E-state index contributed by atoms with van der Waals surface area (Å²) in [6.45, 7) is 2.74. The summed E-state index contributed by atoms with van der Waals surface area (Å²) in [5.74, 6) is 0.152. The molecule has 0 radical (unpaired) electrons. The van der Waals surface area contributed by atoms with Crippen LogP contribution in [0.2, 0.25) is 0 Å². The van der Waals surface area contributed by atoms with Gasteiger partial charge in [-0.1, -0.05) is 17.7 Å². The maximum atomic E-state index is 11.7. The minimum Gasteiger partial charge on any atom is -0.309 e. The van der Waals surface area contributed by atoms with Crippen molar-refractivity contribution in [1.82, 2.24) is 4.90 Å². The zero-order chi connectivity index (χ0) is 12.9. The van der Waals surface area contributed by atoms with E-state index in [1.54, 1.807) is 12.1 Å². The molecule has 1 rings (SSSR count). The first-order valence-electron chi connectivity index (χ1n) is 5.61. The van der Waals surface area contributed by atoms with Crippen molar-refractivity contribution >= 4 is 15.7 Å². The Kier molecular flexibility index (Phi) is 4.96. The van der Waals surface area contributed by atoms with E-state index in [1.807, 2.05) is 38.1 Å². The maximum absolute atomic E-state index is 11.7. The second-order valence-electron chi connectivity index (χ2n) is 4.44. The minimum atomic E-state index is -3.22. The van der Waals surface area contributed by atoms with Gasteiger partial charge in [0.1, 0.15) is 0 Å². The molecule has 0 bridgehead atoms. The van der Waals surface area contributed by atoms with Gasteiger partial charge >= 0.3 is 0 Å². The fourth-order valence-corrected chi connectivity index (χ4v) is 2.53. The monoisotopic (exact) mass is 256 g/mol. The standard InChI is InChI=1S/C12H20N2O2S/c1-11-5-7-12(8-6-11)13-17(15,16)10-4-9-14(2)3/h5-8,13H,4,9-10H2,1-3H3. The van der Waals surface area contributed by atoms with Crippen molar-refractivity contribution in [3.8, 4) is 0 Å². The molecular formula is C12H20N2O2S. The molecule has 0 amide bonds. The van der Waals surface area contributed by atoms with Gasteiger partial charge in [-0.05, 0) is 46.1 Å². The summed E-state index contributed by atoms with van der Waals surface area (Å²) in [6, 6.07) is 7.33. The van der Waals surface area contributed by atoms with Crippen molar-refractivity contribution in [3.05, 3.63) is 29.8 Å². The Balaban J connectivity index is 2.52. The summed E-state index contributed by atoms with van der Waals surface area (Å²) < 4.78 is 26.0. The third-order valence-electron chi connectivity index (χ3n) is 2.34. The van der Waals surface area contributed by atoms with Crippen molar-refractivity contribution in [2.75, 3.05) is 31.1 Å². The number of nitrogens with one attached hydrogen (secondary N) is 1. The molecule has 0 saturated heterocycles. The number of rotatable bonds is 6. The van der Waals surface area contributed by atoms with E-state index in [4.69, 9.17) is 0 Å². The average molecular weight is 256 g/mol. The van der Waals surface area contributed by atoms with E-state index < -0.39 is 10.0 Å². The molecule has 4 nitrogen and oxygen atoms in total. The van der Waals surface area contributed by atoms with Gasteiger partial charge in [0, 0.05) is 5.69 Å². The van der Waals surface area contributed by atoms with Gasteiger partial charge in [0.15, 0.2) is 0 Å². The number of aryl methyl sites for hydroxylation is 1. The highest BCUT2D eigenvalue weighted by Gasteiger charge is 2.09. The van der Waals surface area contributed by atoms with Crippen LogP contribution >= 0.6 is 0 Å². The second kappa shape index (κ2) is 6.02. The van der Waals surface area contributed by atoms with Crippen molar-refractivity contribution < 1.29 is 8.42 Å². The third-order valence-corrected chi connectivity index (χ3v) is 3.72. The Morgan fingerprint density at radius 2 is 1.76 bits per heavy atom. The van der Waals surface area contributed by atoms with E-state index in [-0.39, 0.29) is 5.75 Å². The molecule has 0 atom stereocenters. The molecule has 0 aliphatic rings. The van der Waals surface area contributed by atoms with E-state index in [1.165, 1.54) is 0 Å². The molecule has 5 heteroatoms. The van der Waals surface area contributed by atoms with Gasteiger partial charge in [-0.15, -0.1) is 0 Å². The highest BCUT2D eigenvalue weighted by molar-refractivity contribution is 7.92. The third kappa shape index (κ3) is 5.70. The topological polar surface area (TPSA) is 49.4 Å². The molecule has 1 aromatic rings. The zero-order valence-corrected chi connectivity index (χ0v) is 11.4. The molecule has 17 heavy (non-hydrogen) atoms. The van der Waals surface area contributed by atoms with Gasteiger partial charge in [0.2, 0.25) is 10.0 Å². The Labute approximate surface area is 104 Å². The molecule has 0 unspecified atom stereocenters. The van der Waals surface area contributed by atoms with Crippen LogP contribution in [-0.2, 0) is 10.0 Å². The van der Waals surface area contributed by atoms with Crippen molar-refractivity contribution in [2.24, 2.45) is 0 Å². The van der Waals surface area contributed by atoms with Crippen molar-refractivity contribution in [1.29, 1.82) is 0 Å². The quantitative estimate of drug-likeness (QED) is 0.842. The van der Waals surface area contributed by atoms with E-state index >= 15 is 0 Å². The van der Waals surface area contributed by atoms with Crippen LogP contribution in [0.25, 0.3) is 0 Å². The van der Waals surface area contributed by atoms with Crippen LogP contribution < -0.4 is 4.72 Å². The van der Waals surface area contributed by atoms with Crippen molar-refractivity contribution in [3.63, 3.8) is 0 Å². The second-order valence-corrected chi connectivity index (χ2v) is 6.29. The van der Waals surface area contributed by atoms with Crippen LogP contribution in [0, 0.1) is 6.92 Å². The maximum Gasteiger partial charge on any atom is 0.232 e. The van der Waals surface area contributed by atoms with Crippen molar-refractivity contribution in [2.45, 2.75) is 13.3 Å². The normalized spacial score (nSPS) is 11.8. The first-order valence-corrected chi connectivity index (χ1v) is 7.26. The average Bonchev–Trinajstić information content (AvgIpc) is 2.20. The molecule has 0 aliphatic carbocycles. The fourth-order valence-electron chi connectivity index (χ4n) is 1.42. The summed E-state index contributed by atoms with van der Waals surface area (Å²) in [4.78, 5) is 1.97. The molecule has 1 N–H and O–H groups in total. The molecule has 0 aromatic heterocycles. The lowest BCUT2D eigenvalue weighted by Crippen LogP contribution is -2.21. The van der Waals surface area contributed by atoms with Gasteiger partial charge in [0.05, 0.1) is 5.75 Å². The highest BCUT2D eigenvalue weighted by atomic mass is 32.2. The number of hydrogen-bond donors (Lipinski definition) is 1. The lowest BCUT2D eigenvalue weighted by molar-refractivity contribution is 0.408. The number of anilines is 1. The van der Waals surface area contributed by atoms with Crippen LogP contribution in [0.1, 0.15) is 12.0 Å². The summed E-state index contributed by atoms with van der Waals surface area (Å²) in [5.41, 5.74) is 1.74. The number of benzene rings is 1. The molecule has 0 heterocycles. The summed E-state index contributed by atoms with van der Waals surface area (Å²) in [7, 11) is 0.641. The summed E-state index contributed by atoms with van der Waals surface area (Å²) in [5, 5.41) is 0. The van der Waals surface area contributed by atoms with Gasteiger partial charge < -0.3 is 4.90 Å². The largest absolute Gasteiger partial charge is 0.309 e. The van der Waals surface area contributed by atoms with E-state index in [2.05, 4.69) is 4.72 Å². The molecule has 1 aromatic carbocycles. The Bertz CT molecular complexity index is 438. The lowest BCUT2D eigenvalue weighted by Gasteiger charge is -2.11. The Hall–Kier alpha value is -1.07. The molecule has 0 fully saturated rings. The van der Waals surface area contributed by atoms with E-state index in [0.29, 0.717) is 12.1 Å². The van der Waals surface area contributed by atoms with E-state index in [0.717, 1.165) is 12.1 Å². The number of nitrogens with zero attached hydrogens (tertiary/aromatic N) is 1. The van der Waals surface area contributed by atoms with Crippen LogP contribution in [0.3, 0.4) is 0 Å². The molecule has 0 saturated carbocycles. The predicted molar refractivity (Wildman–Crippen MR) is 71.8 cm³/mol. The van der Waals surface area contributed by atoms with E-state index in [9.17, 15) is 8.42 Å². The van der Waals surface area contributed by atoms with Gasteiger partial charge in [-0.2, -0.15) is 0 Å². The highest BCUT2D eigenvalue weighted by Crippen LogP contribution is 2.11. The smallest absolute Gasteiger partial charge is 0.232 e. The fraction of sp³-hybridized carbons (Fsp3) is 0.500. The molecule has 0 spiro atoms. The Morgan fingerprint density at radius 3 is 2.29 bits per heavy atom. The SMILES string of the molecule is Cc1ccc(NS(=O)(=O)CCCN(C)C)cc1. The number of sulfonamides is 1. The molecule has 96 valence electrons. The summed E-state index contributed by atoms with van der Waals surface area (Å²) in [6.07, 6.45) is 0.633. The van der Waals surface area contributed by atoms with Gasteiger partial charge in [-0.3, -0.25) is 4.72 Å². The number of hydrogen-bond acceptors (Lipinski definition) is 3. The van der Waals surface area contributed by atoms with Crippen LogP contribution in [-0.4, -0.2) is 39.7 Å². The zero-order valence-electron chi connectivity index (χ0n) is 10.6. The summed E-state index contributed by atoms with van der Waals surface area (Å²) >= 11 is 0. The van der Waals surface area contributed by atoms with Gasteiger partial charge in [-0.25, -0.2) is 8.42 Å². The van der Waals surface area contributed by atoms with Crippen LogP contribution in [0.4, 0.5) is 5.69 Å². The van der Waals surface area contributed by atoms with Crippen LogP contribution in [0.5, 0.6) is 0 Å².